The number of piperidine rings is 1. The van der Waals surface area contributed by atoms with E-state index in [-0.39, 0.29) is 5.91 Å². The second kappa shape index (κ2) is 7.54. The van der Waals surface area contributed by atoms with Crippen LogP contribution >= 0.6 is 11.6 Å². The van der Waals surface area contributed by atoms with Crippen molar-refractivity contribution in [1.82, 2.24) is 4.90 Å². The monoisotopic (exact) mass is 323 g/mol. The molecular formula is C17H22ClNO3. The summed E-state index contributed by atoms with van der Waals surface area (Å²) in [5.41, 5.74) is 0.807. The van der Waals surface area contributed by atoms with Crippen LogP contribution in [0.3, 0.4) is 0 Å². The Morgan fingerprint density at radius 2 is 2.14 bits per heavy atom. The number of rotatable bonds is 4. The van der Waals surface area contributed by atoms with Gasteiger partial charge in [-0.1, -0.05) is 18.5 Å². The highest BCUT2D eigenvalue weighted by atomic mass is 35.5. The topological polar surface area (TPSA) is 38.8 Å². The molecule has 5 heteroatoms. The van der Waals surface area contributed by atoms with Gasteiger partial charge in [0, 0.05) is 19.2 Å². The lowest BCUT2D eigenvalue weighted by atomic mass is 10.0. The van der Waals surface area contributed by atoms with Crippen molar-refractivity contribution in [2.45, 2.75) is 19.8 Å². The van der Waals surface area contributed by atoms with Crippen LogP contribution in [0, 0.1) is 5.92 Å². The normalized spacial score (nSPS) is 18.5. The molecule has 120 valence electrons. The van der Waals surface area contributed by atoms with Gasteiger partial charge >= 0.3 is 0 Å². The molecule has 1 aliphatic heterocycles. The van der Waals surface area contributed by atoms with Gasteiger partial charge in [0.1, 0.15) is 0 Å². The van der Waals surface area contributed by atoms with E-state index in [1.807, 2.05) is 4.90 Å². The second-order valence-electron chi connectivity index (χ2n) is 5.60. The molecule has 1 saturated heterocycles. The first-order valence-electron chi connectivity index (χ1n) is 7.43. The predicted molar refractivity (Wildman–Crippen MR) is 88.6 cm³/mol. The number of amides is 1. The number of carbonyl (C=O) groups excluding carboxylic acids is 1. The van der Waals surface area contributed by atoms with Gasteiger partial charge in [0.2, 0.25) is 5.91 Å². The van der Waals surface area contributed by atoms with Crippen molar-refractivity contribution in [1.29, 1.82) is 0 Å². The molecule has 0 aromatic heterocycles. The average Bonchev–Trinajstić information content (AvgIpc) is 2.51. The minimum absolute atomic E-state index is 0.0393. The highest BCUT2D eigenvalue weighted by Crippen LogP contribution is 2.36. The Morgan fingerprint density at radius 3 is 2.77 bits per heavy atom. The van der Waals surface area contributed by atoms with Gasteiger partial charge in [0.05, 0.1) is 19.2 Å². The van der Waals surface area contributed by atoms with Crippen molar-refractivity contribution in [3.8, 4) is 11.5 Å². The Kier molecular flexibility index (Phi) is 5.72. The van der Waals surface area contributed by atoms with Gasteiger partial charge in [0.25, 0.3) is 0 Å². The van der Waals surface area contributed by atoms with Crippen molar-refractivity contribution < 1.29 is 14.3 Å². The molecule has 1 aromatic rings. The van der Waals surface area contributed by atoms with E-state index in [1.165, 1.54) is 6.42 Å². The summed E-state index contributed by atoms with van der Waals surface area (Å²) >= 11 is 6.16. The van der Waals surface area contributed by atoms with Crippen LogP contribution in [0.1, 0.15) is 25.3 Å². The third-order valence-electron chi connectivity index (χ3n) is 3.84. The lowest BCUT2D eigenvalue weighted by molar-refractivity contribution is -0.127. The first kappa shape index (κ1) is 16.7. The van der Waals surface area contributed by atoms with Gasteiger partial charge in [-0.15, -0.1) is 0 Å². The quantitative estimate of drug-likeness (QED) is 0.794. The molecule has 0 saturated carbocycles. The summed E-state index contributed by atoms with van der Waals surface area (Å²) in [6.45, 7) is 3.84. The Balaban J connectivity index is 2.12. The average molecular weight is 324 g/mol. The molecule has 0 bridgehead atoms. The zero-order valence-electron chi connectivity index (χ0n) is 13.3. The molecule has 1 atom stereocenters. The fourth-order valence-corrected chi connectivity index (χ4v) is 2.99. The first-order valence-corrected chi connectivity index (χ1v) is 7.81. The molecule has 1 amide bonds. The largest absolute Gasteiger partial charge is 0.493 e. The molecule has 0 aliphatic carbocycles. The Morgan fingerprint density at radius 1 is 1.36 bits per heavy atom. The summed E-state index contributed by atoms with van der Waals surface area (Å²) in [5.74, 6) is 1.66. The van der Waals surface area contributed by atoms with Gasteiger partial charge in [-0.2, -0.15) is 0 Å². The predicted octanol–water partition coefficient (Wildman–Crippen LogP) is 3.63. The van der Waals surface area contributed by atoms with Crippen LogP contribution in [0.2, 0.25) is 5.02 Å². The number of hydrogen-bond acceptors (Lipinski definition) is 3. The van der Waals surface area contributed by atoms with Crippen LogP contribution in [0.25, 0.3) is 6.08 Å². The zero-order valence-corrected chi connectivity index (χ0v) is 14.0. The second-order valence-corrected chi connectivity index (χ2v) is 6.01. The van der Waals surface area contributed by atoms with E-state index < -0.39 is 0 Å². The smallest absolute Gasteiger partial charge is 0.246 e. The summed E-state index contributed by atoms with van der Waals surface area (Å²) in [6, 6.07) is 3.55. The molecule has 4 nitrogen and oxygen atoms in total. The summed E-state index contributed by atoms with van der Waals surface area (Å²) < 4.78 is 10.5. The van der Waals surface area contributed by atoms with Crippen molar-refractivity contribution >= 4 is 23.6 Å². The fourth-order valence-electron chi connectivity index (χ4n) is 2.70. The zero-order chi connectivity index (χ0) is 16.1. The van der Waals surface area contributed by atoms with Gasteiger partial charge in [-0.3, -0.25) is 4.79 Å². The van der Waals surface area contributed by atoms with E-state index >= 15 is 0 Å². The number of benzene rings is 1. The van der Waals surface area contributed by atoms with E-state index in [4.69, 9.17) is 21.1 Å². The highest BCUT2D eigenvalue weighted by Gasteiger charge is 2.19. The molecular weight excluding hydrogens is 302 g/mol. The van der Waals surface area contributed by atoms with Crippen molar-refractivity contribution in [2.24, 2.45) is 5.92 Å². The van der Waals surface area contributed by atoms with E-state index in [0.29, 0.717) is 22.4 Å². The van der Waals surface area contributed by atoms with E-state index in [0.717, 1.165) is 25.1 Å². The summed E-state index contributed by atoms with van der Waals surface area (Å²) in [4.78, 5) is 14.1. The molecule has 1 aliphatic rings. The van der Waals surface area contributed by atoms with Crippen molar-refractivity contribution in [3.63, 3.8) is 0 Å². The summed E-state index contributed by atoms with van der Waals surface area (Å²) in [6.07, 6.45) is 5.62. The summed E-state index contributed by atoms with van der Waals surface area (Å²) in [7, 11) is 3.10. The van der Waals surface area contributed by atoms with Crippen LogP contribution in [0.15, 0.2) is 18.2 Å². The SMILES string of the molecule is COc1cc(/C=C/C(=O)N2CCCC(C)C2)cc(Cl)c1OC. The number of nitrogens with zero attached hydrogens (tertiary/aromatic N) is 1. The van der Waals surface area contributed by atoms with Crippen LogP contribution < -0.4 is 9.47 Å². The maximum atomic E-state index is 12.2. The van der Waals surface area contributed by atoms with Gasteiger partial charge in [-0.05, 0) is 42.5 Å². The first-order chi connectivity index (χ1) is 10.5. The van der Waals surface area contributed by atoms with Crippen LogP contribution in [-0.2, 0) is 4.79 Å². The standard InChI is InChI=1S/C17H22ClNO3/c1-12-5-4-8-19(11-12)16(20)7-6-13-9-14(18)17(22-3)15(10-13)21-2/h6-7,9-10,12H,4-5,8,11H2,1-3H3/b7-6+. The maximum absolute atomic E-state index is 12.2. The van der Waals surface area contributed by atoms with Gasteiger partial charge in [-0.25, -0.2) is 0 Å². The third-order valence-corrected chi connectivity index (χ3v) is 4.12. The van der Waals surface area contributed by atoms with E-state index in [1.54, 1.807) is 38.5 Å². The van der Waals surface area contributed by atoms with Crippen molar-refractivity contribution in [2.75, 3.05) is 27.3 Å². The molecule has 2 rings (SSSR count). The lowest BCUT2D eigenvalue weighted by Crippen LogP contribution is -2.38. The molecule has 0 spiro atoms. The molecule has 22 heavy (non-hydrogen) atoms. The minimum Gasteiger partial charge on any atom is -0.493 e. The van der Waals surface area contributed by atoms with Gasteiger partial charge in [0.15, 0.2) is 11.5 Å². The molecule has 1 unspecified atom stereocenters. The Labute approximate surface area is 136 Å². The number of likely N-dealkylation sites (tertiary alicyclic amines) is 1. The third kappa shape index (κ3) is 3.95. The molecule has 1 heterocycles. The number of halogens is 1. The Hall–Kier alpha value is -1.68. The molecule has 0 N–H and O–H groups in total. The Bertz CT molecular complexity index is 571. The highest BCUT2D eigenvalue weighted by molar-refractivity contribution is 6.32. The molecule has 1 aromatic carbocycles. The van der Waals surface area contributed by atoms with Gasteiger partial charge < -0.3 is 14.4 Å². The number of ether oxygens (including phenoxy) is 2. The number of carbonyl (C=O) groups is 1. The molecule has 0 radical (unpaired) electrons. The minimum atomic E-state index is 0.0393. The maximum Gasteiger partial charge on any atom is 0.246 e. The van der Waals surface area contributed by atoms with Crippen LogP contribution in [0.4, 0.5) is 0 Å². The van der Waals surface area contributed by atoms with E-state index in [9.17, 15) is 4.79 Å². The number of methoxy groups -OCH3 is 2. The van der Waals surface area contributed by atoms with Crippen molar-refractivity contribution in [3.05, 3.63) is 28.8 Å². The van der Waals surface area contributed by atoms with Crippen LogP contribution in [0.5, 0.6) is 11.5 Å². The lowest BCUT2D eigenvalue weighted by Gasteiger charge is -2.30. The summed E-state index contributed by atoms with van der Waals surface area (Å²) in [5, 5.41) is 0.459. The molecule has 1 fully saturated rings. The van der Waals surface area contributed by atoms with Crippen LogP contribution in [-0.4, -0.2) is 38.1 Å². The number of hydrogen-bond donors (Lipinski definition) is 0. The van der Waals surface area contributed by atoms with E-state index in [2.05, 4.69) is 6.92 Å². The fraction of sp³-hybridized carbons (Fsp3) is 0.471.